The fourth-order valence-corrected chi connectivity index (χ4v) is 4.07. The molecular weight excluding hydrogens is 474 g/mol. The maximum atomic E-state index is 13.1. The molecule has 1 aliphatic heterocycles. The summed E-state index contributed by atoms with van der Waals surface area (Å²) >= 11 is 0. The highest BCUT2D eigenvalue weighted by Gasteiger charge is 2.51. The second-order valence-corrected chi connectivity index (χ2v) is 8.43. The molecule has 37 heavy (non-hydrogen) atoms. The topological polar surface area (TPSA) is 122 Å². The molecule has 1 aliphatic rings. The monoisotopic (exact) mass is 499 g/mol. The second-order valence-electron chi connectivity index (χ2n) is 8.43. The minimum absolute atomic E-state index is 0.273. The number of rotatable bonds is 9. The van der Waals surface area contributed by atoms with E-state index in [2.05, 4.69) is 10.6 Å². The van der Waals surface area contributed by atoms with Crippen molar-refractivity contribution in [2.45, 2.75) is 18.9 Å². The van der Waals surface area contributed by atoms with Gasteiger partial charge in [0.15, 0.2) is 12.4 Å². The number of ketones is 1. The smallest absolute Gasteiger partial charge is 0.326 e. The maximum Gasteiger partial charge on any atom is 0.326 e. The molecule has 9 heteroatoms. The number of amides is 4. The molecule has 2 N–H and O–H groups in total. The predicted molar refractivity (Wildman–Crippen MR) is 135 cm³/mol. The van der Waals surface area contributed by atoms with Gasteiger partial charge in [-0.15, -0.1) is 0 Å². The zero-order valence-electron chi connectivity index (χ0n) is 20.1. The molecule has 1 heterocycles. The van der Waals surface area contributed by atoms with Crippen molar-refractivity contribution in [2.75, 3.05) is 18.5 Å². The van der Waals surface area contributed by atoms with Gasteiger partial charge < -0.3 is 15.4 Å². The summed E-state index contributed by atoms with van der Waals surface area (Å²) in [5.41, 5.74) is 0.630. The Balaban J connectivity index is 1.31. The Morgan fingerprint density at radius 1 is 0.865 bits per heavy atom. The Kier molecular flexibility index (Phi) is 7.43. The highest BCUT2D eigenvalue weighted by molar-refractivity contribution is 6.09. The van der Waals surface area contributed by atoms with Crippen LogP contribution in [0.1, 0.15) is 39.6 Å². The zero-order chi connectivity index (χ0) is 26.4. The molecule has 1 saturated heterocycles. The largest absolute Gasteiger partial charge is 0.456 e. The summed E-state index contributed by atoms with van der Waals surface area (Å²) in [6, 6.07) is 22.9. The summed E-state index contributed by atoms with van der Waals surface area (Å²) in [6.07, 6.45) is 0.299. The van der Waals surface area contributed by atoms with Crippen LogP contribution in [-0.2, 0) is 19.9 Å². The molecule has 4 rings (SSSR count). The lowest BCUT2D eigenvalue weighted by Crippen LogP contribution is -2.44. The first-order valence-corrected chi connectivity index (χ1v) is 11.7. The minimum atomic E-state index is -1.26. The van der Waals surface area contributed by atoms with Crippen LogP contribution in [0.5, 0.6) is 0 Å². The summed E-state index contributed by atoms with van der Waals surface area (Å²) in [5, 5.41) is 5.43. The molecule has 1 fully saturated rings. The SMILES string of the molecule is CC[C@]1(c2ccccc2)NC(=O)N(CC(=O)OCC(=O)c2ccc(NC(=O)c3ccccc3)cc2)C1=O. The van der Waals surface area contributed by atoms with Crippen LogP contribution in [-0.4, -0.2) is 47.6 Å². The molecule has 3 aromatic carbocycles. The normalized spacial score (nSPS) is 16.7. The van der Waals surface area contributed by atoms with Crippen LogP contribution >= 0.6 is 0 Å². The molecule has 0 bridgehead atoms. The summed E-state index contributed by atoms with van der Waals surface area (Å²) in [7, 11) is 0. The highest BCUT2D eigenvalue weighted by Crippen LogP contribution is 2.32. The molecular formula is C28H25N3O6. The molecule has 0 aliphatic carbocycles. The summed E-state index contributed by atoms with van der Waals surface area (Å²) < 4.78 is 5.04. The van der Waals surface area contributed by atoms with Crippen LogP contribution < -0.4 is 10.6 Å². The first-order chi connectivity index (χ1) is 17.8. The van der Waals surface area contributed by atoms with E-state index < -0.39 is 42.4 Å². The van der Waals surface area contributed by atoms with E-state index in [1.807, 2.05) is 6.07 Å². The third-order valence-corrected chi connectivity index (χ3v) is 6.12. The first-order valence-electron chi connectivity index (χ1n) is 11.7. The number of esters is 1. The number of urea groups is 1. The molecule has 0 saturated carbocycles. The average Bonchev–Trinajstić information content (AvgIpc) is 3.18. The van der Waals surface area contributed by atoms with E-state index in [0.717, 1.165) is 4.90 Å². The van der Waals surface area contributed by atoms with E-state index in [1.165, 1.54) is 12.1 Å². The Morgan fingerprint density at radius 2 is 1.49 bits per heavy atom. The predicted octanol–water partition coefficient (Wildman–Crippen LogP) is 3.52. The van der Waals surface area contributed by atoms with E-state index in [-0.39, 0.29) is 11.5 Å². The van der Waals surface area contributed by atoms with Gasteiger partial charge >= 0.3 is 12.0 Å². The van der Waals surface area contributed by atoms with Crippen LogP contribution in [0.25, 0.3) is 0 Å². The van der Waals surface area contributed by atoms with Crippen molar-refractivity contribution in [1.29, 1.82) is 0 Å². The van der Waals surface area contributed by atoms with E-state index in [0.29, 0.717) is 23.2 Å². The van der Waals surface area contributed by atoms with E-state index in [4.69, 9.17) is 4.74 Å². The fraction of sp³-hybridized carbons (Fsp3) is 0.179. The molecule has 0 radical (unpaired) electrons. The number of Topliss-reactive ketones (excluding diaryl/α,β-unsaturated/α-hetero) is 1. The van der Waals surface area contributed by atoms with E-state index >= 15 is 0 Å². The van der Waals surface area contributed by atoms with Crippen molar-refractivity contribution in [3.8, 4) is 0 Å². The van der Waals surface area contributed by atoms with Gasteiger partial charge in [-0.25, -0.2) is 4.79 Å². The van der Waals surface area contributed by atoms with Crippen LogP contribution in [0, 0.1) is 0 Å². The summed E-state index contributed by atoms with van der Waals surface area (Å²) in [6.45, 7) is 0.594. The first kappa shape index (κ1) is 25.3. The number of carbonyl (C=O) groups is 5. The van der Waals surface area contributed by atoms with Gasteiger partial charge in [0, 0.05) is 16.8 Å². The van der Waals surface area contributed by atoms with Crippen molar-refractivity contribution in [2.24, 2.45) is 0 Å². The number of hydrogen-bond donors (Lipinski definition) is 2. The van der Waals surface area contributed by atoms with Crippen LogP contribution in [0.15, 0.2) is 84.9 Å². The van der Waals surface area contributed by atoms with Gasteiger partial charge in [0.25, 0.3) is 11.8 Å². The Morgan fingerprint density at radius 3 is 2.11 bits per heavy atom. The van der Waals surface area contributed by atoms with Gasteiger partial charge in [0.05, 0.1) is 0 Å². The van der Waals surface area contributed by atoms with Crippen LogP contribution in [0.4, 0.5) is 10.5 Å². The van der Waals surface area contributed by atoms with Crippen molar-refractivity contribution < 1.29 is 28.7 Å². The van der Waals surface area contributed by atoms with Crippen molar-refractivity contribution in [3.05, 3.63) is 102 Å². The zero-order valence-corrected chi connectivity index (χ0v) is 20.1. The molecule has 3 aromatic rings. The number of nitrogens with zero attached hydrogens (tertiary/aromatic N) is 1. The van der Waals surface area contributed by atoms with Gasteiger partial charge in [-0.3, -0.25) is 24.1 Å². The summed E-state index contributed by atoms with van der Waals surface area (Å²) in [5.74, 6) is -2.20. The van der Waals surface area contributed by atoms with Crippen LogP contribution in [0.3, 0.4) is 0 Å². The van der Waals surface area contributed by atoms with Crippen molar-refractivity contribution in [1.82, 2.24) is 10.2 Å². The summed E-state index contributed by atoms with van der Waals surface area (Å²) in [4.78, 5) is 63.5. The number of ether oxygens (including phenoxy) is 1. The highest BCUT2D eigenvalue weighted by atomic mass is 16.5. The third kappa shape index (κ3) is 5.40. The lowest BCUT2D eigenvalue weighted by atomic mass is 9.87. The molecule has 9 nitrogen and oxygen atoms in total. The van der Waals surface area contributed by atoms with Gasteiger partial charge in [-0.2, -0.15) is 0 Å². The van der Waals surface area contributed by atoms with E-state index in [1.54, 1.807) is 73.7 Å². The molecule has 4 amide bonds. The number of anilines is 1. The third-order valence-electron chi connectivity index (χ3n) is 6.12. The number of carbonyl (C=O) groups excluding carboxylic acids is 5. The molecule has 0 aromatic heterocycles. The maximum absolute atomic E-state index is 13.1. The Labute approximate surface area is 213 Å². The number of imide groups is 1. The fourth-order valence-electron chi connectivity index (χ4n) is 4.07. The van der Waals surface area contributed by atoms with Gasteiger partial charge in [-0.05, 0) is 48.4 Å². The lowest BCUT2D eigenvalue weighted by molar-refractivity contribution is -0.147. The molecule has 188 valence electrons. The Bertz CT molecular complexity index is 1330. The molecule has 1 atom stereocenters. The average molecular weight is 500 g/mol. The standard InChI is InChI=1S/C28H25N3O6/c1-2-28(21-11-7-4-8-12-21)26(35)31(27(36)30-28)17-24(33)37-18-23(32)19-13-15-22(16-14-19)29-25(34)20-9-5-3-6-10-20/h3-16H,2,17-18H2,1H3,(H,29,34)(H,30,36)/t28-/m1/s1. The Hall–Kier alpha value is -4.79. The molecule has 0 unspecified atom stereocenters. The van der Waals surface area contributed by atoms with Crippen molar-refractivity contribution in [3.63, 3.8) is 0 Å². The second kappa shape index (κ2) is 10.9. The van der Waals surface area contributed by atoms with Gasteiger partial charge in [0.2, 0.25) is 0 Å². The quantitative estimate of drug-likeness (QED) is 0.264. The lowest BCUT2D eigenvalue weighted by Gasteiger charge is -2.25. The van der Waals surface area contributed by atoms with Crippen molar-refractivity contribution >= 4 is 35.3 Å². The van der Waals surface area contributed by atoms with Gasteiger partial charge in [-0.1, -0.05) is 55.5 Å². The van der Waals surface area contributed by atoms with E-state index in [9.17, 15) is 24.0 Å². The number of hydrogen-bond acceptors (Lipinski definition) is 6. The minimum Gasteiger partial charge on any atom is -0.456 e. The molecule has 0 spiro atoms. The van der Waals surface area contributed by atoms with Crippen LogP contribution in [0.2, 0.25) is 0 Å². The number of nitrogens with one attached hydrogen (secondary N) is 2. The van der Waals surface area contributed by atoms with Gasteiger partial charge in [0.1, 0.15) is 12.1 Å². The number of benzene rings is 3.